The number of aliphatic hydroxyl groups excluding tert-OH is 1. The molecule has 0 saturated carbocycles. The molecule has 29 heavy (non-hydrogen) atoms. The van der Waals surface area contributed by atoms with Gasteiger partial charge in [0.05, 0.1) is 11.6 Å². The molecule has 5 heteroatoms. The lowest BCUT2D eigenvalue weighted by atomic mass is 9.94. The summed E-state index contributed by atoms with van der Waals surface area (Å²) in [6.45, 7) is 1.95. The van der Waals surface area contributed by atoms with Crippen LogP contribution >= 0.6 is 0 Å². The summed E-state index contributed by atoms with van der Waals surface area (Å²) in [6.07, 6.45) is 0. The fourth-order valence-electron chi connectivity index (χ4n) is 3.53. The van der Waals surface area contributed by atoms with Gasteiger partial charge >= 0.3 is 0 Å². The molecule has 1 atom stereocenters. The molecule has 0 bridgehead atoms. The van der Waals surface area contributed by atoms with E-state index in [1.807, 2.05) is 37.3 Å². The van der Waals surface area contributed by atoms with Crippen molar-refractivity contribution in [3.8, 4) is 5.75 Å². The maximum absolute atomic E-state index is 13.0. The fourth-order valence-corrected chi connectivity index (χ4v) is 3.53. The van der Waals surface area contributed by atoms with E-state index in [0.29, 0.717) is 16.8 Å². The van der Waals surface area contributed by atoms with Crippen LogP contribution in [-0.2, 0) is 9.59 Å². The largest absolute Gasteiger partial charge is 0.508 e. The lowest BCUT2D eigenvalue weighted by Crippen LogP contribution is -2.29. The zero-order valence-corrected chi connectivity index (χ0v) is 15.7. The van der Waals surface area contributed by atoms with Gasteiger partial charge in [0.1, 0.15) is 11.5 Å². The Morgan fingerprint density at radius 2 is 1.48 bits per heavy atom. The van der Waals surface area contributed by atoms with Crippen LogP contribution in [0.1, 0.15) is 22.7 Å². The minimum atomic E-state index is -0.777. The number of anilines is 1. The van der Waals surface area contributed by atoms with E-state index in [4.69, 9.17) is 0 Å². The summed E-state index contributed by atoms with van der Waals surface area (Å²) >= 11 is 0. The second-order valence-electron chi connectivity index (χ2n) is 6.96. The standard InChI is InChI=1S/C24H19NO4/c1-15-7-9-16(10-8-15)21-20(22(27)17-5-3-2-4-6-17)23(28)24(29)25(21)18-11-13-19(26)14-12-18/h2-14,21,26-27H,1H3/t21-/m1/s1. The number of phenols is 1. The molecule has 4 rings (SSSR count). The van der Waals surface area contributed by atoms with E-state index in [1.54, 1.807) is 36.4 Å². The van der Waals surface area contributed by atoms with Crippen molar-refractivity contribution in [2.45, 2.75) is 13.0 Å². The smallest absolute Gasteiger partial charge is 0.300 e. The summed E-state index contributed by atoms with van der Waals surface area (Å²) in [5.74, 6) is -1.62. The molecule has 1 aliphatic heterocycles. The molecular weight excluding hydrogens is 366 g/mol. The number of phenolic OH excluding ortho intramolecular Hbond substituents is 1. The van der Waals surface area contributed by atoms with Gasteiger partial charge in [0.2, 0.25) is 0 Å². The van der Waals surface area contributed by atoms with E-state index >= 15 is 0 Å². The Morgan fingerprint density at radius 3 is 2.10 bits per heavy atom. The first-order valence-electron chi connectivity index (χ1n) is 9.19. The molecule has 0 unspecified atom stereocenters. The number of carbonyl (C=O) groups excluding carboxylic acids is 2. The van der Waals surface area contributed by atoms with Crippen LogP contribution in [0.3, 0.4) is 0 Å². The first-order chi connectivity index (χ1) is 14.0. The lowest BCUT2D eigenvalue weighted by Gasteiger charge is -2.25. The highest BCUT2D eigenvalue weighted by Gasteiger charge is 2.46. The van der Waals surface area contributed by atoms with Gasteiger partial charge in [-0.15, -0.1) is 0 Å². The van der Waals surface area contributed by atoms with Crippen molar-refractivity contribution in [3.05, 3.63) is 101 Å². The molecule has 3 aromatic rings. The Morgan fingerprint density at radius 1 is 0.862 bits per heavy atom. The molecule has 1 fully saturated rings. The summed E-state index contributed by atoms with van der Waals surface area (Å²) in [5, 5.41) is 20.5. The van der Waals surface area contributed by atoms with Crippen LogP contribution in [-0.4, -0.2) is 21.9 Å². The third-order valence-electron chi connectivity index (χ3n) is 5.01. The van der Waals surface area contributed by atoms with Crippen LogP contribution in [0.15, 0.2) is 84.4 Å². The van der Waals surface area contributed by atoms with E-state index in [-0.39, 0.29) is 17.1 Å². The van der Waals surface area contributed by atoms with E-state index in [2.05, 4.69) is 0 Å². The summed E-state index contributed by atoms with van der Waals surface area (Å²) in [7, 11) is 0. The Labute approximate surface area is 168 Å². The number of Topliss-reactive ketones (excluding diaryl/α,β-unsaturated/α-hetero) is 1. The van der Waals surface area contributed by atoms with Crippen LogP contribution < -0.4 is 4.90 Å². The molecule has 0 aliphatic carbocycles. The number of rotatable bonds is 3. The number of amides is 1. The SMILES string of the molecule is Cc1ccc([C@@H]2C(=C(O)c3ccccc3)C(=O)C(=O)N2c2ccc(O)cc2)cc1. The van der Waals surface area contributed by atoms with Crippen LogP contribution in [0, 0.1) is 6.92 Å². The average molecular weight is 385 g/mol. The highest BCUT2D eigenvalue weighted by atomic mass is 16.3. The zero-order valence-electron chi connectivity index (χ0n) is 15.7. The molecular formula is C24H19NO4. The van der Waals surface area contributed by atoms with Crippen molar-refractivity contribution in [3.63, 3.8) is 0 Å². The van der Waals surface area contributed by atoms with Crippen molar-refractivity contribution in [1.82, 2.24) is 0 Å². The molecule has 1 saturated heterocycles. The fraction of sp³-hybridized carbons (Fsp3) is 0.0833. The first kappa shape index (κ1) is 18.5. The van der Waals surface area contributed by atoms with Gasteiger partial charge in [0.25, 0.3) is 11.7 Å². The van der Waals surface area contributed by atoms with Crippen molar-refractivity contribution in [2.75, 3.05) is 4.90 Å². The first-order valence-corrected chi connectivity index (χ1v) is 9.19. The van der Waals surface area contributed by atoms with Crippen LogP contribution in [0.4, 0.5) is 5.69 Å². The van der Waals surface area contributed by atoms with E-state index in [1.165, 1.54) is 17.0 Å². The molecule has 1 amide bonds. The number of aromatic hydroxyl groups is 1. The third kappa shape index (κ3) is 3.27. The Kier molecular flexibility index (Phi) is 4.64. The third-order valence-corrected chi connectivity index (χ3v) is 5.01. The van der Waals surface area contributed by atoms with Crippen LogP contribution in [0.2, 0.25) is 0 Å². The lowest BCUT2D eigenvalue weighted by molar-refractivity contribution is -0.132. The number of hydrogen-bond donors (Lipinski definition) is 2. The van der Waals surface area contributed by atoms with E-state index < -0.39 is 17.7 Å². The molecule has 0 spiro atoms. The van der Waals surface area contributed by atoms with Gasteiger partial charge in [-0.3, -0.25) is 14.5 Å². The van der Waals surface area contributed by atoms with Crippen molar-refractivity contribution < 1.29 is 19.8 Å². The van der Waals surface area contributed by atoms with E-state index in [0.717, 1.165) is 5.56 Å². The molecule has 1 aliphatic rings. The number of aryl methyl sites for hydroxylation is 1. The van der Waals surface area contributed by atoms with Gasteiger partial charge in [-0.2, -0.15) is 0 Å². The molecule has 3 aromatic carbocycles. The maximum Gasteiger partial charge on any atom is 0.300 e. The Bertz CT molecular complexity index is 1100. The maximum atomic E-state index is 13.0. The monoisotopic (exact) mass is 385 g/mol. The normalized spacial score (nSPS) is 18.2. The molecule has 0 aromatic heterocycles. The van der Waals surface area contributed by atoms with Crippen molar-refractivity contribution >= 4 is 23.1 Å². The molecule has 2 N–H and O–H groups in total. The number of nitrogens with zero attached hydrogens (tertiary/aromatic N) is 1. The average Bonchev–Trinajstić information content (AvgIpc) is 3.00. The second-order valence-corrected chi connectivity index (χ2v) is 6.96. The number of ketones is 1. The van der Waals surface area contributed by atoms with Crippen molar-refractivity contribution in [2.24, 2.45) is 0 Å². The Balaban J connectivity index is 1.94. The highest BCUT2D eigenvalue weighted by molar-refractivity contribution is 6.51. The number of hydrogen-bond acceptors (Lipinski definition) is 4. The van der Waals surface area contributed by atoms with Gasteiger partial charge in [-0.05, 0) is 36.8 Å². The Hall–Kier alpha value is -3.86. The highest BCUT2D eigenvalue weighted by Crippen LogP contribution is 2.42. The predicted octanol–water partition coefficient (Wildman–Crippen LogP) is 4.33. The summed E-state index contributed by atoms with van der Waals surface area (Å²) < 4.78 is 0. The zero-order chi connectivity index (χ0) is 20.5. The van der Waals surface area contributed by atoms with Gasteiger partial charge in [-0.1, -0.05) is 60.2 Å². The molecule has 5 nitrogen and oxygen atoms in total. The van der Waals surface area contributed by atoms with Gasteiger partial charge in [0, 0.05) is 11.3 Å². The van der Waals surface area contributed by atoms with Crippen LogP contribution in [0.25, 0.3) is 5.76 Å². The number of carbonyl (C=O) groups is 2. The van der Waals surface area contributed by atoms with E-state index in [9.17, 15) is 19.8 Å². The number of benzene rings is 3. The summed E-state index contributed by atoms with van der Waals surface area (Å²) in [4.78, 5) is 27.3. The molecule has 1 heterocycles. The quantitative estimate of drug-likeness (QED) is 0.400. The van der Waals surface area contributed by atoms with Gasteiger partial charge in [-0.25, -0.2) is 0 Å². The summed E-state index contributed by atoms with van der Waals surface area (Å²) in [5.41, 5.74) is 2.72. The predicted molar refractivity (Wildman–Crippen MR) is 111 cm³/mol. The number of aliphatic hydroxyl groups is 1. The minimum Gasteiger partial charge on any atom is -0.508 e. The van der Waals surface area contributed by atoms with Crippen LogP contribution in [0.5, 0.6) is 5.75 Å². The topological polar surface area (TPSA) is 77.8 Å². The van der Waals surface area contributed by atoms with Gasteiger partial charge < -0.3 is 10.2 Å². The minimum absolute atomic E-state index is 0.0399. The van der Waals surface area contributed by atoms with Gasteiger partial charge in [0.15, 0.2) is 0 Å². The van der Waals surface area contributed by atoms with Crippen molar-refractivity contribution in [1.29, 1.82) is 0 Å². The molecule has 0 radical (unpaired) electrons. The second kappa shape index (κ2) is 7.28. The summed E-state index contributed by atoms with van der Waals surface area (Å²) in [6, 6.07) is 21.5. The molecule has 144 valence electrons.